The van der Waals surface area contributed by atoms with Gasteiger partial charge in [-0.15, -0.1) is 12.4 Å². The van der Waals surface area contributed by atoms with Gasteiger partial charge in [0.25, 0.3) is 5.89 Å². The van der Waals surface area contributed by atoms with Crippen LogP contribution in [0.25, 0.3) is 0 Å². The molecule has 2 aromatic rings. The van der Waals surface area contributed by atoms with Crippen molar-refractivity contribution in [2.45, 2.75) is 45.8 Å². The summed E-state index contributed by atoms with van der Waals surface area (Å²) in [5.74, 6) is 2.56. The molecular weight excluding hydrogens is 352 g/mol. The summed E-state index contributed by atoms with van der Waals surface area (Å²) < 4.78 is 11.5. The maximum Gasteiger partial charge on any atom is 0.267 e. The molecular formula is C19H29ClN4O2. The summed E-state index contributed by atoms with van der Waals surface area (Å²) in [7, 11) is 2.08. The van der Waals surface area contributed by atoms with Crippen molar-refractivity contribution in [3.63, 3.8) is 0 Å². The van der Waals surface area contributed by atoms with E-state index in [1.54, 1.807) is 0 Å². The number of halogens is 1. The molecule has 1 aliphatic heterocycles. The van der Waals surface area contributed by atoms with Gasteiger partial charge in [-0.3, -0.25) is 4.90 Å². The second-order valence-corrected chi connectivity index (χ2v) is 7.12. The lowest BCUT2D eigenvalue weighted by atomic mass is 9.98. The second-order valence-electron chi connectivity index (χ2n) is 7.12. The van der Waals surface area contributed by atoms with Crippen LogP contribution in [0.1, 0.15) is 61.7 Å². The summed E-state index contributed by atoms with van der Waals surface area (Å²) >= 11 is 0. The summed E-state index contributed by atoms with van der Waals surface area (Å²) in [5.41, 5.74) is 2.58. The maximum atomic E-state index is 6.02. The van der Waals surface area contributed by atoms with Crippen LogP contribution in [0.4, 0.5) is 0 Å². The van der Waals surface area contributed by atoms with E-state index in [-0.39, 0.29) is 24.6 Å². The Morgan fingerprint density at radius 1 is 1.31 bits per heavy atom. The second kappa shape index (κ2) is 8.84. The maximum absolute atomic E-state index is 6.02. The average molecular weight is 381 g/mol. The fourth-order valence-electron chi connectivity index (χ4n) is 3.27. The molecule has 7 heteroatoms. The van der Waals surface area contributed by atoms with Crippen LogP contribution in [0, 0.1) is 6.92 Å². The smallest absolute Gasteiger partial charge is 0.267 e. The van der Waals surface area contributed by atoms with Gasteiger partial charge in [0, 0.05) is 19.6 Å². The predicted molar refractivity (Wildman–Crippen MR) is 104 cm³/mol. The van der Waals surface area contributed by atoms with Crippen LogP contribution < -0.4 is 10.1 Å². The lowest BCUT2D eigenvalue weighted by Gasteiger charge is -2.30. The first kappa shape index (κ1) is 20.7. The number of nitrogens with zero attached hydrogens (tertiary/aromatic N) is 3. The highest BCUT2D eigenvalue weighted by Crippen LogP contribution is 2.27. The van der Waals surface area contributed by atoms with Crippen LogP contribution in [-0.4, -0.2) is 41.7 Å². The molecule has 6 nitrogen and oxygen atoms in total. The monoisotopic (exact) mass is 380 g/mol. The molecule has 2 atom stereocenters. The first-order valence-electron chi connectivity index (χ1n) is 8.97. The quantitative estimate of drug-likeness (QED) is 0.854. The van der Waals surface area contributed by atoms with E-state index in [1.807, 2.05) is 13.0 Å². The molecule has 1 aromatic heterocycles. The van der Waals surface area contributed by atoms with Crippen molar-refractivity contribution in [2.75, 3.05) is 26.7 Å². The van der Waals surface area contributed by atoms with Crippen LogP contribution in [0.2, 0.25) is 0 Å². The van der Waals surface area contributed by atoms with E-state index in [4.69, 9.17) is 9.26 Å². The number of aromatic nitrogens is 2. The summed E-state index contributed by atoms with van der Waals surface area (Å²) in [6.45, 7) is 11.2. The Morgan fingerprint density at radius 2 is 2.08 bits per heavy atom. The lowest BCUT2D eigenvalue weighted by molar-refractivity contribution is 0.173. The Labute approximate surface area is 161 Å². The highest BCUT2D eigenvalue weighted by molar-refractivity contribution is 5.85. The molecule has 0 spiro atoms. The van der Waals surface area contributed by atoms with Crippen molar-refractivity contribution in [3.8, 4) is 5.75 Å². The first-order valence-corrected chi connectivity index (χ1v) is 8.97. The SMILES string of the molecule is Cc1cc(OC(C)c2nc(C3CNCCN3C)no2)ccc1C(C)C.Cl. The van der Waals surface area contributed by atoms with Gasteiger partial charge < -0.3 is 14.6 Å². The minimum atomic E-state index is -0.285. The van der Waals surface area contributed by atoms with Gasteiger partial charge in [0.15, 0.2) is 11.9 Å². The Kier molecular flexibility index (Phi) is 7.03. The molecule has 2 heterocycles. The van der Waals surface area contributed by atoms with E-state index >= 15 is 0 Å². The third-order valence-corrected chi connectivity index (χ3v) is 4.79. The van der Waals surface area contributed by atoms with Crippen molar-refractivity contribution < 1.29 is 9.26 Å². The summed E-state index contributed by atoms with van der Waals surface area (Å²) in [6.07, 6.45) is -0.285. The molecule has 0 aliphatic carbocycles. The normalized spacial score (nSPS) is 19.2. The predicted octanol–water partition coefficient (Wildman–Crippen LogP) is 3.64. The minimum Gasteiger partial charge on any atom is -0.481 e. The Bertz CT molecular complexity index is 719. The van der Waals surface area contributed by atoms with Gasteiger partial charge in [-0.05, 0) is 50.1 Å². The van der Waals surface area contributed by atoms with E-state index in [0.29, 0.717) is 17.6 Å². The molecule has 2 unspecified atom stereocenters. The van der Waals surface area contributed by atoms with E-state index in [0.717, 1.165) is 25.4 Å². The van der Waals surface area contributed by atoms with Crippen LogP contribution in [-0.2, 0) is 0 Å². The molecule has 1 aromatic carbocycles. The van der Waals surface area contributed by atoms with Crippen molar-refractivity contribution in [1.29, 1.82) is 0 Å². The summed E-state index contributed by atoms with van der Waals surface area (Å²) in [5, 5.41) is 7.53. The van der Waals surface area contributed by atoms with Crippen molar-refractivity contribution in [3.05, 3.63) is 41.0 Å². The van der Waals surface area contributed by atoms with Gasteiger partial charge in [0.2, 0.25) is 0 Å². The molecule has 1 fully saturated rings. The standard InChI is InChI=1S/C19H28N4O2.ClH/c1-12(2)16-7-6-15(10-13(16)3)24-14(4)19-21-18(22-25-19)17-11-20-8-9-23(17)5;/h6-7,10,12,14,17,20H,8-9,11H2,1-5H3;1H. The lowest BCUT2D eigenvalue weighted by Crippen LogP contribution is -2.44. The van der Waals surface area contributed by atoms with Crippen molar-refractivity contribution in [1.82, 2.24) is 20.4 Å². The van der Waals surface area contributed by atoms with E-state index in [9.17, 15) is 0 Å². The van der Waals surface area contributed by atoms with Gasteiger partial charge in [-0.2, -0.15) is 4.98 Å². The van der Waals surface area contributed by atoms with E-state index in [1.165, 1.54) is 11.1 Å². The van der Waals surface area contributed by atoms with Crippen molar-refractivity contribution in [2.24, 2.45) is 0 Å². The van der Waals surface area contributed by atoms with Crippen LogP contribution in [0.3, 0.4) is 0 Å². The topological polar surface area (TPSA) is 63.4 Å². The molecule has 0 amide bonds. The zero-order chi connectivity index (χ0) is 18.0. The highest BCUT2D eigenvalue weighted by atomic mass is 35.5. The molecule has 26 heavy (non-hydrogen) atoms. The zero-order valence-corrected chi connectivity index (χ0v) is 17.0. The van der Waals surface area contributed by atoms with Crippen LogP contribution >= 0.6 is 12.4 Å². The summed E-state index contributed by atoms with van der Waals surface area (Å²) in [4.78, 5) is 6.80. The number of aryl methyl sites for hydroxylation is 1. The van der Waals surface area contributed by atoms with E-state index < -0.39 is 0 Å². The first-order chi connectivity index (χ1) is 12.0. The van der Waals surface area contributed by atoms with Gasteiger partial charge in [-0.1, -0.05) is 25.1 Å². The Morgan fingerprint density at radius 3 is 2.73 bits per heavy atom. The fraction of sp³-hybridized carbons (Fsp3) is 0.579. The fourth-order valence-corrected chi connectivity index (χ4v) is 3.27. The minimum absolute atomic E-state index is 0. The molecule has 0 saturated carbocycles. The molecule has 1 N–H and O–H groups in total. The van der Waals surface area contributed by atoms with Crippen molar-refractivity contribution >= 4 is 12.4 Å². The van der Waals surface area contributed by atoms with Crippen LogP contribution in [0.5, 0.6) is 5.75 Å². The van der Waals surface area contributed by atoms with Gasteiger partial charge in [0.05, 0.1) is 6.04 Å². The third kappa shape index (κ3) is 4.55. The average Bonchev–Trinajstić information content (AvgIpc) is 3.05. The van der Waals surface area contributed by atoms with Crippen LogP contribution in [0.15, 0.2) is 22.7 Å². The number of ether oxygens (including phenoxy) is 1. The zero-order valence-electron chi connectivity index (χ0n) is 16.2. The number of nitrogens with one attached hydrogen (secondary N) is 1. The Balaban J connectivity index is 0.00000243. The van der Waals surface area contributed by atoms with Gasteiger partial charge in [-0.25, -0.2) is 0 Å². The van der Waals surface area contributed by atoms with E-state index in [2.05, 4.69) is 60.3 Å². The number of rotatable bonds is 5. The van der Waals surface area contributed by atoms with Gasteiger partial charge >= 0.3 is 0 Å². The third-order valence-electron chi connectivity index (χ3n) is 4.79. The Hall–Kier alpha value is -1.63. The number of hydrogen-bond donors (Lipinski definition) is 1. The number of benzene rings is 1. The molecule has 1 saturated heterocycles. The highest BCUT2D eigenvalue weighted by Gasteiger charge is 2.26. The number of hydrogen-bond acceptors (Lipinski definition) is 6. The molecule has 3 rings (SSSR count). The molecule has 0 radical (unpaired) electrons. The molecule has 1 aliphatic rings. The number of likely N-dealkylation sites (N-methyl/N-ethyl adjacent to an activating group) is 1. The summed E-state index contributed by atoms with van der Waals surface area (Å²) in [6, 6.07) is 6.35. The van der Waals surface area contributed by atoms with Gasteiger partial charge in [0.1, 0.15) is 5.75 Å². The molecule has 0 bridgehead atoms. The molecule has 144 valence electrons. The largest absolute Gasteiger partial charge is 0.481 e. The number of piperazine rings is 1.